The summed E-state index contributed by atoms with van der Waals surface area (Å²) in [7, 11) is 0. The van der Waals surface area contributed by atoms with Gasteiger partial charge in [-0.15, -0.1) is 0 Å². The van der Waals surface area contributed by atoms with Crippen LogP contribution in [0.3, 0.4) is 0 Å². The average molecular weight is 406 g/mol. The zero-order valence-electron chi connectivity index (χ0n) is 15.3. The first-order valence-corrected chi connectivity index (χ1v) is 8.53. The zero-order valence-corrected chi connectivity index (χ0v) is 15.3. The third-order valence-corrected chi connectivity index (χ3v) is 4.04. The molecule has 2 atom stereocenters. The molecule has 0 radical (unpaired) electrons. The van der Waals surface area contributed by atoms with Crippen molar-refractivity contribution in [1.82, 2.24) is 0 Å². The number of carboxylic acids is 2. The number of carboxylic acid groups (broad SMARTS) is 2. The standard InChI is InChI=1S/C10H11NO4.C9H11NO4/c11-7(10(12)13)3-6-1-2-8-9(4-6)15-5-14-8;10-7(9(13)14)3-5-1-2-6(11)4-8(5)12/h1-2,4,7H,3,5,11H2,(H,12,13);1-2,4,7,11-12H,3,10H2,(H,13,14)/t2*7-/m00/s1. The molecule has 1 aliphatic rings. The maximum absolute atomic E-state index is 10.6. The number of carbonyl (C=O) groups is 2. The van der Waals surface area contributed by atoms with E-state index in [9.17, 15) is 14.7 Å². The van der Waals surface area contributed by atoms with Crippen molar-refractivity contribution in [2.24, 2.45) is 11.5 Å². The van der Waals surface area contributed by atoms with Crippen LogP contribution in [0.1, 0.15) is 11.1 Å². The van der Waals surface area contributed by atoms with Crippen molar-refractivity contribution in [2.45, 2.75) is 24.9 Å². The predicted molar refractivity (Wildman–Crippen MR) is 101 cm³/mol. The van der Waals surface area contributed by atoms with Crippen LogP contribution in [0.5, 0.6) is 23.0 Å². The van der Waals surface area contributed by atoms with Crippen LogP contribution in [-0.4, -0.2) is 51.2 Å². The minimum Gasteiger partial charge on any atom is -0.508 e. The van der Waals surface area contributed by atoms with Gasteiger partial charge in [0.05, 0.1) is 0 Å². The van der Waals surface area contributed by atoms with Crippen LogP contribution >= 0.6 is 0 Å². The van der Waals surface area contributed by atoms with E-state index in [2.05, 4.69) is 0 Å². The van der Waals surface area contributed by atoms with Crippen LogP contribution in [0.4, 0.5) is 0 Å². The Morgan fingerprint density at radius 2 is 1.52 bits per heavy atom. The fourth-order valence-corrected chi connectivity index (χ4v) is 2.46. The Kier molecular flexibility index (Phi) is 7.23. The van der Waals surface area contributed by atoms with Crippen molar-refractivity contribution in [2.75, 3.05) is 6.79 Å². The first-order chi connectivity index (χ1) is 13.7. The molecule has 2 aromatic carbocycles. The monoisotopic (exact) mass is 406 g/mol. The minimum absolute atomic E-state index is 0.0292. The number of aliphatic carboxylic acids is 2. The Balaban J connectivity index is 0.000000208. The molecule has 0 bridgehead atoms. The summed E-state index contributed by atoms with van der Waals surface area (Å²) in [6, 6.07) is 7.31. The highest BCUT2D eigenvalue weighted by Crippen LogP contribution is 2.32. The van der Waals surface area contributed by atoms with Crippen LogP contribution in [0.15, 0.2) is 36.4 Å². The van der Waals surface area contributed by atoms with E-state index in [1.165, 1.54) is 12.1 Å². The third kappa shape index (κ3) is 6.26. The number of fused-ring (bicyclic) bond motifs is 1. The van der Waals surface area contributed by atoms with Gasteiger partial charge in [-0.05, 0) is 35.7 Å². The van der Waals surface area contributed by atoms with Gasteiger partial charge in [0.2, 0.25) is 6.79 Å². The van der Waals surface area contributed by atoms with Gasteiger partial charge in [-0.25, -0.2) is 0 Å². The number of aromatic hydroxyl groups is 2. The number of phenols is 2. The number of hydrogen-bond donors (Lipinski definition) is 6. The quantitative estimate of drug-likeness (QED) is 0.393. The highest BCUT2D eigenvalue weighted by Gasteiger charge is 2.17. The van der Waals surface area contributed by atoms with Crippen LogP contribution in [0.2, 0.25) is 0 Å². The number of rotatable bonds is 6. The van der Waals surface area contributed by atoms with Crippen LogP contribution in [0.25, 0.3) is 0 Å². The summed E-state index contributed by atoms with van der Waals surface area (Å²) in [4.78, 5) is 21.0. The first kappa shape index (κ1) is 21.8. The lowest BCUT2D eigenvalue weighted by Gasteiger charge is -2.08. The summed E-state index contributed by atoms with van der Waals surface area (Å²) in [5.74, 6) is -1.03. The molecule has 0 aliphatic carbocycles. The van der Waals surface area contributed by atoms with E-state index in [1.54, 1.807) is 18.2 Å². The summed E-state index contributed by atoms with van der Waals surface area (Å²) in [5, 5.41) is 35.5. The number of hydrogen-bond acceptors (Lipinski definition) is 8. The molecule has 0 fully saturated rings. The second-order valence-corrected chi connectivity index (χ2v) is 6.30. The minimum atomic E-state index is -1.13. The highest BCUT2D eigenvalue weighted by molar-refractivity contribution is 5.74. The molecule has 0 saturated carbocycles. The molecule has 3 rings (SSSR count). The molecule has 1 aliphatic heterocycles. The molecule has 10 heteroatoms. The zero-order chi connectivity index (χ0) is 21.6. The molecular formula is C19H22N2O8. The summed E-state index contributed by atoms with van der Waals surface area (Å²) < 4.78 is 10.3. The van der Waals surface area contributed by atoms with Gasteiger partial charge in [-0.3, -0.25) is 9.59 Å². The highest BCUT2D eigenvalue weighted by atomic mass is 16.7. The maximum atomic E-state index is 10.6. The smallest absolute Gasteiger partial charge is 0.320 e. The van der Waals surface area contributed by atoms with Crippen molar-refractivity contribution in [3.63, 3.8) is 0 Å². The summed E-state index contributed by atoms with van der Waals surface area (Å²) >= 11 is 0. The van der Waals surface area contributed by atoms with Crippen molar-refractivity contribution in [3.05, 3.63) is 47.5 Å². The number of nitrogens with two attached hydrogens (primary N) is 2. The normalized spacial score (nSPS) is 13.7. The molecule has 29 heavy (non-hydrogen) atoms. The summed E-state index contributed by atoms with van der Waals surface area (Å²) in [6.07, 6.45) is 0.313. The van der Waals surface area contributed by atoms with Gasteiger partial charge in [-0.2, -0.15) is 0 Å². The summed E-state index contributed by atoms with van der Waals surface area (Å²) in [5.41, 5.74) is 11.9. The first-order valence-electron chi connectivity index (χ1n) is 8.53. The van der Waals surface area contributed by atoms with Crippen LogP contribution < -0.4 is 20.9 Å². The molecule has 8 N–H and O–H groups in total. The van der Waals surface area contributed by atoms with E-state index in [1.807, 2.05) is 0 Å². The second kappa shape index (κ2) is 9.62. The molecule has 0 saturated heterocycles. The van der Waals surface area contributed by atoms with Gasteiger partial charge in [0, 0.05) is 12.5 Å². The Hall–Kier alpha value is -3.50. The van der Waals surface area contributed by atoms with Crippen molar-refractivity contribution in [1.29, 1.82) is 0 Å². The Bertz CT molecular complexity index is 887. The molecule has 2 aromatic rings. The molecular weight excluding hydrogens is 384 g/mol. The van der Waals surface area contributed by atoms with Gasteiger partial charge in [-0.1, -0.05) is 12.1 Å². The average Bonchev–Trinajstić information content (AvgIpc) is 3.12. The molecule has 1 heterocycles. The second-order valence-electron chi connectivity index (χ2n) is 6.30. The number of benzene rings is 2. The third-order valence-electron chi connectivity index (χ3n) is 4.04. The van der Waals surface area contributed by atoms with E-state index >= 15 is 0 Å². The fourth-order valence-electron chi connectivity index (χ4n) is 2.46. The van der Waals surface area contributed by atoms with E-state index in [-0.39, 0.29) is 31.1 Å². The van der Waals surface area contributed by atoms with Crippen molar-refractivity contribution < 1.29 is 39.5 Å². The molecule has 0 aromatic heterocycles. The Morgan fingerprint density at radius 3 is 2.14 bits per heavy atom. The summed E-state index contributed by atoms with van der Waals surface area (Å²) in [6.45, 7) is 0.212. The van der Waals surface area contributed by atoms with Gasteiger partial charge < -0.3 is 41.4 Å². The lowest BCUT2D eigenvalue weighted by molar-refractivity contribution is -0.139. The van der Waals surface area contributed by atoms with Gasteiger partial charge >= 0.3 is 11.9 Å². The molecule has 10 nitrogen and oxygen atoms in total. The lowest BCUT2D eigenvalue weighted by atomic mass is 10.1. The number of phenolic OH excluding ortho intramolecular Hbond substituents is 2. The largest absolute Gasteiger partial charge is 0.508 e. The maximum Gasteiger partial charge on any atom is 0.320 e. The van der Waals surface area contributed by atoms with E-state index < -0.39 is 24.0 Å². The Labute approximate surface area is 165 Å². The van der Waals surface area contributed by atoms with Crippen molar-refractivity contribution in [3.8, 4) is 23.0 Å². The van der Waals surface area contributed by atoms with E-state index in [4.69, 9.17) is 36.3 Å². The van der Waals surface area contributed by atoms with E-state index in [0.717, 1.165) is 11.6 Å². The molecule has 0 amide bonds. The van der Waals surface area contributed by atoms with Crippen LogP contribution in [-0.2, 0) is 22.4 Å². The van der Waals surface area contributed by atoms with Gasteiger partial charge in [0.15, 0.2) is 11.5 Å². The fraction of sp³-hybridized carbons (Fsp3) is 0.263. The molecule has 0 spiro atoms. The predicted octanol–water partition coefficient (Wildman–Crippen LogP) is 0.422. The van der Waals surface area contributed by atoms with Gasteiger partial charge in [0.1, 0.15) is 23.6 Å². The Morgan fingerprint density at radius 1 is 0.897 bits per heavy atom. The topological polar surface area (TPSA) is 186 Å². The molecule has 0 unspecified atom stereocenters. The molecule has 156 valence electrons. The van der Waals surface area contributed by atoms with Gasteiger partial charge in [0.25, 0.3) is 0 Å². The number of ether oxygens (including phenoxy) is 2. The SMILES string of the molecule is N[C@@H](Cc1ccc(O)cc1O)C(=O)O.N[C@@H](Cc1ccc2c(c1)OCO2)C(=O)O. The van der Waals surface area contributed by atoms with Crippen molar-refractivity contribution >= 4 is 11.9 Å². The van der Waals surface area contributed by atoms with E-state index in [0.29, 0.717) is 17.1 Å². The van der Waals surface area contributed by atoms with Crippen LogP contribution in [0, 0.1) is 0 Å². The lowest BCUT2D eigenvalue weighted by Crippen LogP contribution is -2.32.